The van der Waals surface area contributed by atoms with Crippen LogP contribution in [0.5, 0.6) is 0 Å². The summed E-state index contributed by atoms with van der Waals surface area (Å²) < 4.78 is 1.35. The molecule has 6 rings (SSSR count). The number of aromatic nitrogens is 6. The van der Waals surface area contributed by atoms with E-state index in [-0.39, 0.29) is 30.0 Å². The summed E-state index contributed by atoms with van der Waals surface area (Å²) >= 11 is 0. The van der Waals surface area contributed by atoms with Crippen LogP contribution in [0.4, 0.5) is 0 Å². The Labute approximate surface area is 160 Å². The van der Waals surface area contributed by atoms with Crippen molar-refractivity contribution < 1.29 is 4.79 Å². The Morgan fingerprint density at radius 1 is 1.25 bits per heavy atom. The molecule has 2 atom stereocenters. The van der Waals surface area contributed by atoms with Gasteiger partial charge in [0, 0.05) is 30.8 Å². The van der Waals surface area contributed by atoms with Gasteiger partial charge in [0.15, 0.2) is 6.33 Å². The van der Waals surface area contributed by atoms with E-state index in [1.165, 1.54) is 29.6 Å². The maximum Gasteiger partial charge on any atom is 0.328 e. The zero-order valence-corrected chi connectivity index (χ0v) is 15.5. The quantitative estimate of drug-likeness (QED) is 0.732. The summed E-state index contributed by atoms with van der Waals surface area (Å²) in [6, 6.07) is 1.28. The number of tetrazole rings is 1. The molecule has 2 heterocycles. The number of hydrogen-bond donors (Lipinski definition) is 2. The molecule has 148 valence electrons. The van der Waals surface area contributed by atoms with Gasteiger partial charge < -0.3 is 9.88 Å². The van der Waals surface area contributed by atoms with Gasteiger partial charge in [0.1, 0.15) is 0 Å². The van der Waals surface area contributed by atoms with Gasteiger partial charge in [-0.1, -0.05) is 0 Å². The number of aromatic amines is 1. The molecular formula is C18H23N7O3. The Morgan fingerprint density at radius 3 is 2.71 bits per heavy atom. The number of H-pyrrole nitrogens is 1. The summed E-state index contributed by atoms with van der Waals surface area (Å²) in [4.78, 5) is 39.6. The Bertz CT molecular complexity index is 995. The van der Waals surface area contributed by atoms with Crippen LogP contribution < -0.4 is 16.6 Å². The first-order chi connectivity index (χ1) is 13.5. The summed E-state index contributed by atoms with van der Waals surface area (Å²) in [5.74, 6) is 1.06. The molecule has 10 heteroatoms. The third-order valence-electron chi connectivity index (χ3n) is 6.68. The molecular weight excluding hydrogens is 362 g/mol. The lowest BCUT2D eigenvalue weighted by molar-refractivity contribution is -0.131. The molecule has 0 saturated heterocycles. The molecule has 4 bridgehead atoms. The first-order valence-electron chi connectivity index (χ1n) is 9.80. The molecule has 10 nitrogen and oxygen atoms in total. The largest absolute Gasteiger partial charge is 0.350 e. The highest BCUT2D eigenvalue weighted by Gasteiger charge is 2.60. The fraction of sp³-hybridized carbons (Fsp3) is 0.667. The van der Waals surface area contributed by atoms with E-state index in [1.807, 2.05) is 0 Å². The van der Waals surface area contributed by atoms with Crippen LogP contribution in [0, 0.1) is 11.8 Å². The van der Waals surface area contributed by atoms with Crippen LogP contribution in [0.1, 0.15) is 44.9 Å². The molecule has 0 aliphatic heterocycles. The lowest BCUT2D eigenvalue weighted by atomic mass is 9.50. The maximum absolute atomic E-state index is 12.7. The van der Waals surface area contributed by atoms with Crippen LogP contribution in [0.15, 0.2) is 28.2 Å². The highest BCUT2D eigenvalue weighted by molar-refractivity contribution is 5.76. The average molecular weight is 385 g/mol. The minimum Gasteiger partial charge on any atom is -0.350 e. The molecule has 0 radical (unpaired) electrons. The first kappa shape index (κ1) is 17.3. The van der Waals surface area contributed by atoms with Crippen molar-refractivity contribution in [1.29, 1.82) is 0 Å². The molecule has 0 spiro atoms. The standard InChI is InChI=1S/C18H23N7O3/c26-14-1-3-24(16(28)21-14)4-2-15(27)22-17-6-12-5-13(7-17)9-18(8-12,10-17)25-20-11-19-23-25/h1,3,11-13H,2,4-10H2,(H,22,27)(H,21,26,28). The van der Waals surface area contributed by atoms with Crippen LogP contribution in [-0.4, -0.2) is 41.2 Å². The van der Waals surface area contributed by atoms with Gasteiger partial charge in [-0.05, 0) is 55.6 Å². The molecule has 2 N–H and O–H groups in total. The molecule has 4 fully saturated rings. The highest BCUT2D eigenvalue weighted by atomic mass is 16.2. The Morgan fingerprint density at radius 2 is 2.04 bits per heavy atom. The fourth-order valence-electron chi connectivity index (χ4n) is 6.18. The van der Waals surface area contributed by atoms with Crippen molar-refractivity contribution in [3.8, 4) is 0 Å². The number of rotatable bonds is 5. The monoisotopic (exact) mass is 385 g/mol. The third-order valence-corrected chi connectivity index (χ3v) is 6.68. The van der Waals surface area contributed by atoms with Gasteiger partial charge in [-0.15, -0.1) is 10.2 Å². The van der Waals surface area contributed by atoms with Crippen molar-refractivity contribution in [2.24, 2.45) is 11.8 Å². The molecule has 2 aromatic rings. The Balaban J connectivity index is 1.31. The van der Waals surface area contributed by atoms with Gasteiger partial charge in [0.25, 0.3) is 5.56 Å². The topological polar surface area (TPSA) is 128 Å². The van der Waals surface area contributed by atoms with Crippen LogP contribution >= 0.6 is 0 Å². The number of aryl methyl sites for hydroxylation is 1. The van der Waals surface area contributed by atoms with E-state index >= 15 is 0 Å². The van der Waals surface area contributed by atoms with E-state index < -0.39 is 11.2 Å². The van der Waals surface area contributed by atoms with Gasteiger partial charge in [0.05, 0.1) is 5.54 Å². The first-order valence-corrected chi connectivity index (χ1v) is 9.80. The molecule has 4 aliphatic rings. The highest BCUT2D eigenvalue weighted by Crippen LogP contribution is 2.60. The van der Waals surface area contributed by atoms with E-state index in [0.717, 1.165) is 32.1 Å². The summed E-state index contributed by atoms with van der Waals surface area (Å²) in [6.07, 6.45) is 9.20. The lowest BCUT2D eigenvalue weighted by Crippen LogP contribution is -2.66. The van der Waals surface area contributed by atoms with Gasteiger partial charge in [0.2, 0.25) is 5.91 Å². The smallest absolute Gasteiger partial charge is 0.328 e. The molecule has 4 aliphatic carbocycles. The lowest BCUT2D eigenvalue weighted by Gasteiger charge is -2.61. The molecule has 0 aromatic carbocycles. The van der Waals surface area contributed by atoms with E-state index in [0.29, 0.717) is 11.8 Å². The predicted molar refractivity (Wildman–Crippen MR) is 97.3 cm³/mol. The second-order valence-electron chi connectivity index (χ2n) is 8.79. The molecule has 2 unspecified atom stereocenters. The second kappa shape index (κ2) is 6.11. The van der Waals surface area contributed by atoms with E-state index in [1.54, 1.807) is 4.80 Å². The zero-order valence-electron chi connectivity index (χ0n) is 15.5. The van der Waals surface area contributed by atoms with E-state index in [4.69, 9.17) is 0 Å². The van der Waals surface area contributed by atoms with E-state index in [2.05, 4.69) is 25.7 Å². The van der Waals surface area contributed by atoms with Crippen molar-refractivity contribution in [2.75, 3.05) is 0 Å². The number of hydrogen-bond acceptors (Lipinski definition) is 6. The summed E-state index contributed by atoms with van der Waals surface area (Å²) in [5, 5.41) is 15.7. The number of nitrogens with zero attached hydrogens (tertiary/aromatic N) is 5. The second-order valence-corrected chi connectivity index (χ2v) is 8.79. The number of carbonyl (C=O) groups excluding carboxylic acids is 1. The van der Waals surface area contributed by atoms with Crippen molar-refractivity contribution in [3.63, 3.8) is 0 Å². The van der Waals surface area contributed by atoms with Gasteiger partial charge in [-0.3, -0.25) is 14.6 Å². The maximum atomic E-state index is 12.7. The fourth-order valence-corrected chi connectivity index (χ4v) is 6.18. The Hall–Kier alpha value is -2.78. The third kappa shape index (κ3) is 2.87. The summed E-state index contributed by atoms with van der Waals surface area (Å²) in [5.41, 5.74) is -1.31. The molecule has 2 aromatic heterocycles. The minimum absolute atomic E-state index is 0.0678. The van der Waals surface area contributed by atoms with Gasteiger partial charge in [-0.25, -0.2) is 4.79 Å². The Kier molecular flexibility index (Phi) is 3.78. The van der Waals surface area contributed by atoms with Crippen LogP contribution in [0.25, 0.3) is 0 Å². The molecule has 4 saturated carbocycles. The van der Waals surface area contributed by atoms with Gasteiger partial charge >= 0.3 is 5.69 Å². The summed E-state index contributed by atoms with van der Waals surface area (Å²) in [6.45, 7) is 0.236. The SMILES string of the molecule is O=C(CCn1ccc(=O)[nH]c1=O)NC12CC3CC(C1)CC(n1ncnn1)(C3)C2. The predicted octanol–water partition coefficient (Wildman–Crippen LogP) is -0.222. The van der Waals surface area contributed by atoms with Crippen LogP contribution in [-0.2, 0) is 16.9 Å². The van der Waals surface area contributed by atoms with Crippen molar-refractivity contribution in [3.05, 3.63) is 39.4 Å². The van der Waals surface area contributed by atoms with Crippen LogP contribution in [0.2, 0.25) is 0 Å². The minimum atomic E-state index is -0.494. The van der Waals surface area contributed by atoms with Crippen molar-refractivity contribution >= 4 is 5.91 Å². The number of amides is 1. The number of carbonyl (C=O) groups is 1. The van der Waals surface area contributed by atoms with Crippen LogP contribution in [0.3, 0.4) is 0 Å². The molecule has 1 amide bonds. The van der Waals surface area contributed by atoms with Crippen molar-refractivity contribution in [1.82, 2.24) is 35.1 Å². The normalized spacial score (nSPS) is 33.1. The molecule has 28 heavy (non-hydrogen) atoms. The zero-order chi connectivity index (χ0) is 19.4. The average Bonchev–Trinajstić information content (AvgIpc) is 3.15. The summed E-state index contributed by atoms with van der Waals surface area (Å²) in [7, 11) is 0. The van der Waals surface area contributed by atoms with Gasteiger partial charge in [-0.2, -0.15) is 4.80 Å². The van der Waals surface area contributed by atoms with E-state index in [9.17, 15) is 14.4 Å². The van der Waals surface area contributed by atoms with Crippen molar-refractivity contribution in [2.45, 2.75) is 62.6 Å². The number of nitrogens with one attached hydrogen (secondary N) is 2.